The van der Waals surface area contributed by atoms with Gasteiger partial charge < -0.3 is 10.6 Å². The summed E-state index contributed by atoms with van der Waals surface area (Å²) in [5.41, 5.74) is 0.00304. The molecule has 2 rings (SSSR count). The van der Waals surface area contributed by atoms with Crippen molar-refractivity contribution in [1.82, 2.24) is 10.6 Å². The lowest BCUT2D eigenvalue weighted by Gasteiger charge is -2.35. The van der Waals surface area contributed by atoms with Gasteiger partial charge in [0.15, 0.2) is 0 Å². The van der Waals surface area contributed by atoms with Crippen LogP contribution in [0.15, 0.2) is 24.3 Å². The number of rotatable bonds is 5. The van der Waals surface area contributed by atoms with E-state index >= 15 is 0 Å². The van der Waals surface area contributed by atoms with Crippen LogP contribution < -0.4 is 10.6 Å². The first-order valence-electron chi connectivity index (χ1n) is 8.65. The first-order valence-corrected chi connectivity index (χ1v) is 8.65. The fraction of sp³-hybridized carbons (Fsp3) is 0.556. The maximum Gasteiger partial charge on any atom is 0.270 e. The van der Waals surface area contributed by atoms with Crippen LogP contribution in [0, 0.1) is 22.0 Å². The number of hydrogen-bond donors (Lipinski definition) is 2. The predicted molar refractivity (Wildman–Crippen MR) is 94.1 cm³/mol. The Morgan fingerprint density at radius 1 is 1.28 bits per heavy atom. The van der Waals surface area contributed by atoms with Crippen molar-refractivity contribution in [3.8, 4) is 0 Å². The molecule has 0 radical (unpaired) electrons. The van der Waals surface area contributed by atoms with Crippen molar-refractivity contribution in [2.24, 2.45) is 11.8 Å². The van der Waals surface area contributed by atoms with Crippen LogP contribution in [0.25, 0.3) is 0 Å². The molecule has 0 aromatic heterocycles. The summed E-state index contributed by atoms with van der Waals surface area (Å²) in [5, 5.41) is 16.4. The number of hydrogen-bond acceptors (Lipinski definition) is 4. The summed E-state index contributed by atoms with van der Waals surface area (Å²) in [7, 11) is 0. The Hall–Kier alpha value is -2.44. The van der Waals surface area contributed by atoms with E-state index in [0.29, 0.717) is 11.8 Å². The third kappa shape index (κ3) is 4.78. The molecule has 136 valence electrons. The number of benzene rings is 1. The molecule has 0 saturated heterocycles. The van der Waals surface area contributed by atoms with Crippen LogP contribution in [0.2, 0.25) is 0 Å². The van der Waals surface area contributed by atoms with Crippen molar-refractivity contribution >= 4 is 17.5 Å². The molecule has 1 aliphatic carbocycles. The molecule has 2 amide bonds. The molecular weight excluding hydrogens is 322 g/mol. The number of nitro benzene ring substituents is 1. The molecule has 1 saturated carbocycles. The van der Waals surface area contributed by atoms with E-state index in [1.807, 2.05) is 0 Å². The van der Waals surface area contributed by atoms with E-state index < -0.39 is 16.9 Å². The second kappa shape index (κ2) is 8.09. The number of nitrogens with zero attached hydrogens (tertiary/aromatic N) is 1. The van der Waals surface area contributed by atoms with E-state index in [1.165, 1.54) is 30.7 Å². The number of nitro groups is 1. The zero-order valence-electron chi connectivity index (χ0n) is 14.8. The van der Waals surface area contributed by atoms with Gasteiger partial charge in [-0.3, -0.25) is 19.7 Å². The molecule has 0 spiro atoms. The third-order valence-electron chi connectivity index (χ3n) is 5.09. The molecule has 4 atom stereocenters. The zero-order valence-corrected chi connectivity index (χ0v) is 14.8. The minimum absolute atomic E-state index is 0.119. The quantitative estimate of drug-likeness (QED) is 0.631. The smallest absolute Gasteiger partial charge is 0.270 e. The summed E-state index contributed by atoms with van der Waals surface area (Å²) in [6.07, 6.45) is 3.21. The average molecular weight is 347 g/mol. The highest BCUT2D eigenvalue weighted by atomic mass is 16.6. The van der Waals surface area contributed by atoms with Crippen molar-refractivity contribution in [2.75, 3.05) is 0 Å². The van der Waals surface area contributed by atoms with Crippen LogP contribution in [-0.2, 0) is 4.79 Å². The van der Waals surface area contributed by atoms with E-state index in [0.717, 1.165) is 12.8 Å². The molecular formula is C18H25N3O4. The highest BCUT2D eigenvalue weighted by Crippen LogP contribution is 2.29. The van der Waals surface area contributed by atoms with Gasteiger partial charge in [0.05, 0.1) is 4.92 Å². The Labute approximate surface area is 147 Å². The van der Waals surface area contributed by atoms with Gasteiger partial charge in [-0.25, -0.2) is 0 Å². The molecule has 0 heterocycles. The average Bonchev–Trinajstić information content (AvgIpc) is 2.58. The lowest BCUT2D eigenvalue weighted by molar-refractivity contribution is -0.384. The van der Waals surface area contributed by atoms with E-state index in [9.17, 15) is 19.7 Å². The van der Waals surface area contributed by atoms with E-state index in [1.54, 1.807) is 6.92 Å². The van der Waals surface area contributed by atoms with Crippen molar-refractivity contribution in [2.45, 2.75) is 52.1 Å². The summed E-state index contributed by atoms with van der Waals surface area (Å²) in [5.74, 6) is 0.229. The Balaban J connectivity index is 1.95. The largest absolute Gasteiger partial charge is 0.351 e. The maximum atomic E-state index is 12.4. The molecule has 2 N–H and O–H groups in total. The maximum absolute atomic E-state index is 12.4. The Morgan fingerprint density at radius 2 is 2.00 bits per heavy atom. The molecule has 7 nitrogen and oxygen atoms in total. The molecule has 0 bridgehead atoms. The second-order valence-electron chi connectivity index (χ2n) is 6.88. The highest BCUT2D eigenvalue weighted by Gasteiger charge is 2.29. The monoisotopic (exact) mass is 347 g/mol. The summed E-state index contributed by atoms with van der Waals surface area (Å²) < 4.78 is 0. The number of carbonyl (C=O) groups is 2. The summed E-state index contributed by atoms with van der Waals surface area (Å²) in [4.78, 5) is 34.8. The van der Waals surface area contributed by atoms with Gasteiger partial charge in [-0.1, -0.05) is 32.8 Å². The molecule has 1 aromatic rings. The summed E-state index contributed by atoms with van der Waals surface area (Å²) in [6, 6.07) is 4.86. The normalized spacial score (nSPS) is 24.2. The number of amides is 2. The molecule has 1 aliphatic rings. The highest BCUT2D eigenvalue weighted by molar-refractivity contribution is 5.97. The summed E-state index contributed by atoms with van der Waals surface area (Å²) in [6.45, 7) is 5.94. The van der Waals surface area contributed by atoms with Crippen molar-refractivity contribution in [1.29, 1.82) is 0 Å². The van der Waals surface area contributed by atoms with Gasteiger partial charge in [0.25, 0.3) is 11.6 Å². The molecule has 1 fully saturated rings. The minimum atomic E-state index is -0.712. The number of nitrogens with one attached hydrogen (secondary N) is 2. The third-order valence-corrected chi connectivity index (χ3v) is 5.09. The van der Waals surface area contributed by atoms with E-state index in [2.05, 4.69) is 24.5 Å². The number of non-ortho nitro benzene ring substituents is 1. The van der Waals surface area contributed by atoms with Crippen molar-refractivity contribution in [3.05, 3.63) is 39.9 Å². The Bertz CT molecular complexity index is 661. The lowest BCUT2D eigenvalue weighted by atomic mass is 9.78. The fourth-order valence-electron chi connectivity index (χ4n) is 3.20. The van der Waals surface area contributed by atoms with Gasteiger partial charge >= 0.3 is 0 Å². The fourth-order valence-corrected chi connectivity index (χ4v) is 3.20. The van der Waals surface area contributed by atoms with Crippen LogP contribution in [0.5, 0.6) is 0 Å². The van der Waals surface area contributed by atoms with Gasteiger partial charge in [-0.2, -0.15) is 0 Å². The Kier molecular flexibility index (Phi) is 6.12. The second-order valence-corrected chi connectivity index (χ2v) is 6.88. The predicted octanol–water partition coefficient (Wildman–Crippen LogP) is 2.65. The Morgan fingerprint density at radius 3 is 2.68 bits per heavy atom. The molecule has 25 heavy (non-hydrogen) atoms. The van der Waals surface area contributed by atoms with E-state index in [4.69, 9.17) is 0 Å². The van der Waals surface area contributed by atoms with Gasteiger partial charge in [0, 0.05) is 23.7 Å². The number of carbonyl (C=O) groups excluding carboxylic acids is 2. The molecule has 7 heteroatoms. The van der Waals surface area contributed by atoms with Gasteiger partial charge in [-0.15, -0.1) is 0 Å². The first kappa shape index (κ1) is 18.9. The van der Waals surface area contributed by atoms with Crippen LogP contribution in [-0.4, -0.2) is 28.8 Å². The summed E-state index contributed by atoms with van der Waals surface area (Å²) >= 11 is 0. The molecule has 0 aliphatic heterocycles. The van der Waals surface area contributed by atoms with Crippen LogP contribution in [0.3, 0.4) is 0 Å². The van der Waals surface area contributed by atoms with Crippen LogP contribution in [0.1, 0.15) is 50.4 Å². The van der Waals surface area contributed by atoms with E-state index in [-0.39, 0.29) is 23.2 Å². The molecule has 1 aromatic carbocycles. The van der Waals surface area contributed by atoms with Crippen molar-refractivity contribution < 1.29 is 14.5 Å². The first-order chi connectivity index (χ1) is 11.8. The van der Waals surface area contributed by atoms with Crippen LogP contribution in [0.4, 0.5) is 5.69 Å². The lowest BCUT2D eigenvalue weighted by Crippen LogP contribution is -2.51. The van der Waals surface area contributed by atoms with Gasteiger partial charge in [-0.05, 0) is 31.2 Å². The standard InChI is InChI=1S/C18H25N3O4/c1-11-6-4-9-16(12(11)2)20-17(22)13(3)19-18(23)14-7-5-8-15(10-14)21(24)25/h5,7-8,10-13,16H,4,6,9H2,1-3H3,(H,19,23)(H,20,22). The minimum Gasteiger partial charge on any atom is -0.351 e. The molecule has 4 unspecified atom stereocenters. The van der Waals surface area contributed by atoms with Crippen LogP contribution >= 0.6 is 0 Å². The van der Waals surface area contributed by atoms with Gasteiger partial charge in [0.1, 0.15) is 6.04 Å². The topological polar surface area (TPSA) is 101 Å². The SMILES string of the molecule is CC(NC(=O)c1cccc([N+](=O)[O-])c1)C(=O)NC1CCCC(C)C1C. The van der Waals surface area contributed by atoms with Crippen molar-refractivity contribution in [3.63, 3.8) is 0 Å². The zero-order chi connectivity index (χ0) is 18.6. The van der Waals surface area contributed by atoms with Gasteiger partial charge in [0.2, 0.25) is 5.91 Å².